The van der Waals surface area contributed by atoms with Crippen molar-refractivity contribution in [1.82, 2.24) is 14.7 Å². The molecule has 206 valence electrons. The normalized spacial score (nSPS) is 20.3. The lowest BCUT2D eigenvalue weighted by Gasteiger charge is -2.43. The first-order valence-electron chi connectivity index (χ1n) is 13.2. The number of nitrogens with zero attached hydrogens (tertiary/aromatic N) is 4. The van der Waals surface area contributed by atoms with Crippen molar-refractivity contribution in [2.45, 2.75) is 45.8 Å². The van der Waals surface area contributed by atoms with E-state index in [1.54, 1.807) is 39.3 Å². The molecule has 1 aromatic carbocycles. The number of nitrogens with two attached hydrogens (primary N) is 1. The maximum absolute atomic E-state index is 12.1. The molecule has 3 heterocycles. The minimum atomic E-state index is -0.544. The van der Waals surface area contributed by atoms with Crippen LogP contribution >= 0.6 is 0 Å². The van der Waals surface area contributed by atoms with Gasteiger partial charge in [-0.05, 0) is 45.7 Å². The van der Waals surface area contributed by atoms with E-state index < -0.39 is 6.09 Å². The summed E-state index contributed by atoms with van der Waals surface area (Å²) < 4.78 is 16.3. The molecule has 1 amide bonds. The lowest BCUT2D eigenvalue weighted by atomic mass is 10.0. The number of ether oxygens (including phenoxy) is 3. The van der Waals surface area contributed by atoms with E-state index in [0.717, 1.165) is 75.0 Å². The van der Waals surface area contributed by atoms with Crippen LogP contribution in [0.5, 0.6) is 5.75 Å². The maximum Gasteiger partial charge on any atom is 0.411 e. The van der Waals surface area contributed by atoms with Crippen LogP contribution in [0, 0.1) is 0 Å². The maximum atomic E-state index is 12.1. The van der Waals surface area contributed by atoms with Gasteiger partial charge >= 0.3 is 6.09 Å². The summed E-state index contributed by atoms with van der Waals surface area (Å²) in [5.41, 5.74) is 10.1. The minimum absolute atomic E-state index is 0.230. The molecule has 0 aliphatic carbocycles. The molecule has 3 aliphatic rings. The Balaban J connectivity index is 1.52. The summed E-state index contributed by atoms with van der Waals surface area (Å²) in [6.07, 6.45) is 5.07. The standard InChI is InChI=1S/C28H40N6O4/c1-19(2)38-28(35)31-24-7-6-22(18-25(24)36-5)26(29)27-20(3)30-10-13-34(27)21(4)32-11-8-23(9-12-32)33-14-16-37-17-15-33/h6-7,10,13,18-19,23H,4,8-9,11-12,14-17,29H2,1-3,5H3,(H,31,35)/b27-26-. The highest BCUT2D eigenvalue weighted by Crippen LogP contribution is 2.32. The lowest BCUT2D eigenvalue weighted by Crippen LogP contribution is -2.49. The van der Waals surface area contributed by atoms with E-state index >= 15 is 0 Å². The fourth-order valence-electron chi connectivity index (χ4n) is 5.10. The monoisotopic (exact) mass is 524 g/mol. The second-order valence-electron chi connectivity index (χ2n) is 9.92. The van der Waals surface area contributed by atoms with Gasteiger partial charge in [-0.1, -0.05) is 12.6 Å². The smallest absolute Gasteiger partial charge is 0.411 e. The molecule has 0 saturated carbocycles. The highest BCUT2D eigenvalue weighted by atomic mass is 16.6. The number of nitrogens with one attached hydrogen (secondary N) is 1. The largest absolute Gasteiger partial charge is 0.495 e. The van der Waals surface area contributed by atoms with Crippen LogP contribution in [0.3, 0.4) is 0 Å². The van der Waals surface area contributed by atoms with E-state index in [1.165, 1.54) is 0 Å². The highest BCUT2D eigenvalue weighted by Gasteiger charge is 2.29. The molecule has 2 fully saturated rings. The molecule has 38 heavy (non-hydrogen) atoms. The summed E-state index contributed by atoms with van der Waals surface area (Å²) in [6.45, 7) is 15.5. The zero-order valence-corrected chi connectivity index (χ0v) is 22.9. The predicted octanol–water partition coefficient (Wildman–Crippen LogP) is 3.79. The molecule has 0 unspecified atom stereocenters. The summed E-state index contributed by atoms with van der Waals surface area (Å²) in [6, 6.07) is 5.98. The van der Waals surface area contributed by atoms with Crippen molar-refractivity contribution in [2.75, 3.05) is 51.8 Å². The molecule has 0 aromatic heterocycles. The van der Waals surface area contributed by atoms with E-state index in [-0.39, 0.29) is 6.10 Å². The number of likely N-dealkylation sites (tertiary alicyclic amines) is 1. The molecule has 4 rings (SSSR count). The van der Waals surface area contributed by atoms with Crippen LogP contribution < -0.4 is 15.8 Å². The third-order valence-corrected chi connectivity index (χ3v) is 7.08. The molecule has 10 nitrogen and oxygen atoms in total. The van der Waals surface area contributed by atoms with Crippen LogP contribution in [0.25, 0.3) is 5.70 Å². The highest BCUT2D eigenvalue weighted by molar-refractivity contribution is 6.05. The Morgan fingerprint density at radius 2 is 1.92 bits per heavy atom. The van der Waals surface area contributed by atoms with Crippen LogP contribution in [0.4, 0.5) is 10.5 Å². The first-order chi connectivity index (χ1) is 18.3. The summed E-state index contributed by atoms with van der Waals surface area (Å²) in [5, 5.41) is 2.72. The third kappa shape index (κ3) is 6.31. The van der Waals surface area contributed by atoms with Crippen molar-refractivity contribution in [2.24, 2.45) is 10.7 Å². The molecule has 0 bridgehead atoms. The number of carbonyl (C=O) groups is 1. The predicted molar refractivity (Wildman–Crippen MR) is 150 cm³/mol. The number of amides is 1. The Hall–Kier alpha value is -3.50. The van der Waals surface area contributed by atoms with Crippen LogP contribution in [0.2, 0.25) is 0 Å². The lowest BCUT2D eigenvalue weighted by molar-refractivity contribution is 0.00221. The molecule has 2 saturated heterocycles. The Bertz CT molecular complexity index is 1110. The number of piperidine rings is 1. The van der Waals surface area contributed by atoms with Crippen molar-refractivity contribution in [3.05, 3.63) is 54.3 Å². The molecule has 3 aliphatic heterocycles. The fourth-order valence-corrected chi connectivity index (χ4v) is 5.10. The van der Waals surface area contributed by atoms with Gasteiger partial charge in [-0.25, -0.2) is 4.79 Å². The summed E-state index contributed by atoms with van der Waals surface area (Å²) in [5.74, 6) is 1.35. The molecule has 3 N–H and O–H groups in total. The number of benzene rings is 1. The Labute approximate surface area is 225 Å². The summed E-state index contributed by atoms with van der Waals surface area (Å²) >= 11 is 0. The van der Waals surface area contributed by atoms with Gasteiger partial charge in [-0.2, -0.15) is 0 Å². The number of methoxy groups -OCH3 is 1. The van der Waals surface area contributed by atoms with E-state index in [2.05, 4.69) is 26.7 Å². The van der Waals surface area contributed by atoms with Gasteiger partial charge in [-0.3, -0.25) is 20.1 Å². The van der Waals surface area contributed by atoms with Gasteiger partial charge in [0, 0.05) is 50.2 Å². The number of anilines is 1. The molecule has 0 atom stereocenters. The zero-order valence-electron chi connectivity index (χ0n) is 22.9. The van der Waals surface area contributed by atoms with Gasteiger partial charge in [0.2, 0.25) is 0 Å². The van der Waals surface area contributed by atoms with E-state index in [9.17, 15) is 4.79 Å². The topological polar surface area (TPSA) is 105 Å². The third-order valence-electron chi connectivity index (χ3n) is 7.08. The zero-order chi connectivity index (χ0) is 27.2. The Morgan fingerprint density at radius 3 is 2.58 bits per heavy atom. The molecule has 1 aromatic rings. The van der Waals surface area contributed by atoms with Gasteiger partial charge in [0.1, 0.15) is 11.6 Å². The first-order valence-corrected chi connectivity index (χ1v) is 13.2. The van der Waals surface area contributed by atoms with Crippen molar-refractivity contribution in [3.63, 3.8) is 0 Å². The minimum Gasteiger partial charge on any atom is -0.495 e. The van der Waals surface area contributed by atoms with Gasteiger partial charge in [0.25, 0.3) is 0 Å². The van der Waals surface area contributed by atoms with Crippen molar-refractivity contribution < 1.29 is 19.0 Å². The first kappa shape index (κ1) is 27.5. The second-order valence-corrected chi connectivity index (χ2v) is 9.92. The average molecular weight is 525 g/mol. The number of hydrogen-bond acceptors (Lipinski definition) is 9. The molecule has 0 radical (unpaired) electrons. The average Bonchev–Trinajstić information content (AvgIpc) is 2.92. The van der Waals surface area contributed by atoms with Crippen LogP contribution in [0.1, 0.15) is 39.2 Å². The number of aliphatic imine (C=N–C) groups is 1. The van der Waals surface area contributed by atoms with Crippen molar-refractivity contribution in [1.29, 1.82) is 0 Å². The SMILES string of the molecule is C=C(N1CCC(N2CCOCC2)CC1)N1C=CN=C(C)/C1=C(/N)c1ccc(NC(=O)OC(C)C)c(OC)c1. The van der Waals surface area contributed by atoms with Gasteiger partial charge in [0.05, 0.1) is 49.2 Å². The number of allylic oxidation sites excluding steroid dienone is 1. The number of rotatable bonds is 7. The molecule has 10 heteroatoms. The second kappa shape index (κ2) is 12.4. The van der Waals surface area contributed by atoms with E-state index in [1.807, 2.05) is 24.1 Å². The summed E-state index contributed by atoms with van der Waals surface area (Å²) in [4.78, 5) is 23.5. The van der Waals surface area contributed by atoms with E-state index in [0.29, 0.717) is 23.2 Å². The number of morpholine rings is 1. The molecular formula is C28H40N6O4. The molecular weight excluding hydrogens is 484 g/mol. The van der Waals surface area contributed by atoms with Gasteiger partial charge in [0.15, 0.2) is 0 Å². The van der Waals surface area contributed by atoms with Gasteiger partial charge < -0.3 is 24.8 Å². The van der Waals surface area contributed by atoms with Crippen molar-refractivity contribution >= 4 is 23.2 Å². The van der Waals surface area contributed by atoms with Crippen molar-refractivity contribution in [3.8, 4) is 5.75 Å². The Morgan fingerprint density at radius 1 is 1.21 bits per heavy atom. The van der Waals surface area contributed by atoms with E-state index in [4.69, 9.17) is 19.9 Å². The van der Waals surface area contributed by atoms with Crippen LogP contribution in [-0.4, -0.2) is 85.2 Å². The number of hydrogen-bond donors (Lipinski definition) is 2. The van der Waals surface area contributed by atoms with Crippen LogP contribution in [-0.2, 0) is 9.47 Å². The molecule has 0 spiro atoms. The van der Waals surface area contributed by atoms with Gasteiger partial charge in [-0.15, -0.1) is 0 Å². The quantitative estimate of drug-likeness (QED) is 0.555. The van der Waals surface area contributed by atoms with Crippen LogP contribution in [0.15, 0.2) is 53.7 Å². The Kier molecular flexibility index (Phi) is 8.96. The number of carbonyl (C=O) groups excluding carboxylic acids is 1. The fraction of sp³-hybridized carbons (Fsp3) is 0.500. The summed E-state index contributed by atoms with van der Waals surface area (Å²) in [7, 11) is 1.55.